The molecule has 4 rings (SSSR count). The van der Waals surface area contributed by atoms with Crippen LogP contribution in [0.25, 0.3) is 0 Å². The number of urea groups is 1. The number of carbonyl (C=O) groups excluding carboxylic acids is 3. The lowest BCUT2D eigenvalue weighted by Crippen LogP contribution is -2.30. The van der Waals surface area contributed by atoms with E-state index in [1.54, 1.807) is 36.4 Å². The topological polar surface area (TPSA) is 187 Å². The van der Waals surface area contributed by atoms with Crippen molar-refractivity contribution in [1.29, 1.82) is 0 Å². The van der Waals surface area contributed by atoms with Crippen LogP contribution in [-0.4, -0.2) is 45.0 Å². The molecule has 4 amide bonds. The van der Waals surface area contributed by atoms with Crippen molar-refractivity contribution in [1.82, 2.24) is 10.3 Å². The zero-order valence-electron chi connectivity index (χ0n) is 23.5. The van der Waals surface area contributed by atoms with Gasteiger partial charge in [0.05, 0.1) is 24.4 Å². The minimum atomic E-state index is -1.15. The highest BCUT2D eigenvalue weighted by atomic mass is 16.4. The van der Waals surface area contributed by atoms with Crippen molar-refractivity contribution in [3.8, 4) is 0 Å². The van der Waals surface area contributed by atoms with Gasteiger partial charge in [-0.3, -0.25) is 14.4 Å². The van der Waals surface area contributed by atoms with E-state index in [1.807, 2.05) is 25.1 Å². The maximum absolute atomic E-state index is 12.7. The average molecular weight is 596 g/mol. The Morgan fingerprint density at radius 3 is 2.07 bits per heavy atom. The van der Waals surface area contributed by atoms with Crippen molar-refractivity contribution < 1.29 is 34.2 Å². The van der Waals surface area contributed by atoms with Gasteiger partial charge in [-0.2, -0.15) is 0 Å². The predicted molar refractivity (Wildman–Crippen MR) is 163 cm³/mol. The molecule has 0 saturated heterocycles. The van der Waals surface area contributed by atoms with E-state index >= 15 is 0 Å². The molecule has 44 heavy (non-hydrogen) atoms. The summed E-state index contributed by atoms with van der Waals surface area (Å²) in [5, 5.41) is 29.2. The Morgan fingerprint density at radius 1 is 0.773 bits per heavy atom. The molecule has 12 heteroatoms. The highest BCUT2D eigenvalue weighted by molar-refractivity contribution is 6.00. The molecule has 1 unspecified atom stereocenters. The fourth-order valence-electron chi connectivity index (χ4n) is 4.19. The molecule has 6 N–H and O–H groups in total. The van der Waals surface area contributed by atoms with Crippen molar-refractivity contribution in [3.63, 3.8) is 0 Å². The number of aromatic nitrogens is 1. The summed E-state index contributed by atoms with van der Waals surface area (Å²) in [4.78, 5) is 64.3. The molecule has 1 atom stereocenters. The van der Waals surface area contributed by atoms with E-state index in [4.69, 9.17) is 5.11 Å². The number of benzene rings is 3. The average Bonchev–Trinajstić information content (AvgIpc) is 2.99. The summed E-state index contributed by atoms with van der Waals surface area (Å²) in [6.07, 6.45) is 0.974. The first-order valence-corrected chi connectivity index (χ1v) is 13.4. The molecule has 0 bridgehead atoms. The second-order valence-electron chi connectivity index (χ2n) is 9.80. The number of hydrogen-bond acceptors (Lipinski definition) is 6. The third-order valence-electron chi connectivity index (χ3n) is 6.50. The zero-order chi connectivity index (χ0) is 31.6. The van der Waals surface area contributed by atoms with E-state index in [-0.39, 0.29) is 35.3 Å². The Kier molecular flexibility index (Phi) is 9.99. The standard InChI is InChI=1S/C32H29N5O7/c1-19-4-2-3-5-25(19)36-32(44)34-24-13-6-20(7-14-24)16-28(38)37-27-15-12-23(18-33-27)26(17-29(39)40)35-30(41)21-8-10-22(11-9-21)31(42)43/h2-15,18,26H,16-17H2,1H3,(H,35,41)(H,39,40)(H,42,43)(H,33,37,38)(H2,34,36,44). The van der Waals surface area contributed by atoms with Gasteiger partial charge in [0.1, 0.15) is 5.82 Å². The van der Waals surface area contributed by atoms with E-state index < -0.39 is 30.3 Å². The molecule has 12 nitrogen and oxygen atoms in total. The lowest BCUT2D eigenvalue weighted by Gasteiger charge is -2.18. The molecule has 0 saturated carbocycles. The molecule has 1 heterocycles. The van der Waals surface area contributed by atoms with E-state index in [0.29, 0.717) is 22.5 Å². The number of para-hydroxylation sites is 1. The number of nitrogens with one attached hydrogen (secondary N) is 4. The molecule has 0 aliphatic rings. The number of pyridine rings is 1. The summed E-state index contributed by atoms with van der Waals surface area (Å²) in [7, 11) is 0. The summed E-state index contributed by atoms with van der Waals surface area (Å²) in [5.74, 6) is -2.98. The normalized spacial score (nSPS) is 11.1. The first-order valence-electron chi connectivity index (χ1n) is 13.4. The van der Waals surface area contributed by atoms with E-state index in [0.717, 1.165) is 5.56 Å². The summed E-state index contributed by atoms with van der Waals surface area (Å²) >= 11 is 0. The Labute approximate surface area is 252 Å². The van der Waals surface area contributed by atoms with Crippen LogP contribution in [0.5, 0.6) is 0 Å². The number of nitrogens with zero attached hydrogens (tertiary/aromatic N) is 1. The second-order valence-corrected chi connectivity index (χ2v) is 9.80. The number of aryl methyl sites for hydroxylation is 1. The van der Waals surface area contributed by atoms with Gasteiger partial charge >= 0.3 is 18.0 Å². The van der Waals surface area contributed by atoms with Crippen LogP contribution in [0.15, 0.2) is 91.1 Å². The number of anilines is 3. The maximum Gasteiger partial charge on any atom is 0.335 e. The second kappa shape index (κ2) is 14.2. The van der Waals surface area contributed by atoms with Gasteiger partial charge < -0.3 is 31.5 Å². The summed E-state index contributed by atoms with van der Waals surface area (Å²) in [5.41, 5.74) is 3.46. The van der Waals surface area contributed by atoms with Crippen LogP contribution >= 0.6 is 0 Å². The number of carboxylic acids is 2. The highest BCUT2D eigenvalue weighted by Crippen LogP contribution is 2.20. The molecule has 0 aliphatic heterocycles. The lowest BCUT2D eigenvalue weighted by molar-refractivity contribution is -0.137. The molecular weight excluding hydrogens is 566 g/mol. The van der Waals surface area contributed by atoms with Gasteiger partial charge in [-0.25, -0.2) is 14.6 Å². The van der Waals surface area contributed by atoms with E-state index in [2.05, 4.69) is 26.3 Å². The SMILES string of the molecule is Cc1ccccc1NC(=O)Nc1ccc(CC(=O)Nc2ccc(C(CC(=O)O)NC(=O)c3ccc(C(=O)O)cc3)cn2)cc1. The van der Waals surface area contributed by atoms with Crippen LogP contribution in [0, 0.1) is 6.92 Å². The predicted octanol–water partition coefficient (Wildman–Crippen LogP) is 4.86. The molecule has 1 aromatic heterocycles. The number of carbonyl (C=O) groups is 5. The maximum atomic E-state index is 12.7. The molecular formula is C32H29N5O7. The fourth-order valence-corrected chi connectivity index (χ4v) is 4.19. The Bertz CT molecular complexity index is 1670. The molecule has 224 valence electrons. The Balaban J connectivity index is 1.31. The quantitative estimate of drug-likeness (QED) is 0.142. The number of rotatable bonds is 11. The first kappa shape index (κ1) is 30.9. The largest absolute Gasteiger partial charge is 0.481 e. The number of aliphatic carboxylic acids is 1. The molecule has 0 aliphatic carbocycles. The van der Waals surface area contributed by atoms with Gasteiger partial charge in [-0.15, -0.1) is 0 Å². The minimum absolute atomic E-state index is 0.0121. The van der Waals surface area contributed by atoms with Gasteiger partial charge in [0, 0.05) is 23.1 Å². The van der Waals surface area contributed by atoms with Gasteiger partial charge in [0.25, 0.3) is 5.91 Å². The van der Waals surface area contributed by atoms with Crippen LogP contribution < -0.4 is 21.3 Å². The zero-order valence-corrected chi connectivity index (χ0v) is 23.5. The Morgan fingerprint density at radius 2 is 1.45 bits per heavy atom. The number of aromatic carboxylic acids is 1. The van der Waals surface area contributed by atoms with Gasteiger partial charge in [0.15, 0.2) is 0 Å². The van der Waals surface area contributed by atoms with Crippen LogP contribution in [0.1, 0.15) is 49.9 Å². The monoisotopic (exact) mass is 595 g/mol. The third kappa shape index (κ3) is 8.73. The van der Waals surface area contributed by atoms with Crippen molar-refractivity contribution in [3.05, 3.63) is 119 Å². The van der Waals surface area contributed by atoms with Gasteiger partial charge in [-0.1, -0.05) is 36.4 Å². The fraction of sp³-hybridized carbons (Fsp3) is 0.125. The Hall–Kier alpha value is -6.04. The molecule has 4 aromatic rings. The molecule has 0 spiro atoms. The van der Waals surface area contributed by atoms with E-state index in [1.165, 1.54) is 36.5 Å². The van der Waals surface area contributed by atoms with Crippen molar-refractivity contribution in [2.24, 2.45) is 0 Å². The first-order chi connectivity index (χ1) is 21.1. The van der Waals surface area contributed by atoms with Crippen molar-refractivity contribution in [2.45, 2.75) is 25.8 Å². The number of hydrogen-bond donors (Lipinski definition) is 6. The van der Waals surface area contributed by atoms with Crippen LogP contribution in [-0.2, 0) is 16.0 Å². The van der Waals surface area contributed by atoms with Crippen LogP contribution in [0.4, 0.5) is 22.0 Å². The minimum Gasteiger partial charge on any atom is -0.481 e. The molecule has 0 radical (unpaired) electrons. The van der Waals surface area contributed by atoms with Gasteiger partial charge in [-0.05, 0) is 72.1 Å². The van der Waals surface area contributed by atoms with Crippen LogP contribution in [0.3, 0.4) is 0 Å². The summed E-state index contributed by atoms with van der Waals surface area (Å²) < 4.78 is 0. The summed E-state index contributed by atoms with van der Waals surface area (Å²) in [6, 6.07) is 21.2. The number of amides is 4. The molecule has 0 fully saturated rings. The van der Waals surface area contributed by atoms with Crippen molar-refractivity contribution >= 4 is 47.0 Å². The number of carboxylic acid groups (broad SMARTS) is 2. The van der Waals surface area contributed by atoms with Crippen molar-refractivity contribution in [2.75, 3.05) is 16.0 Å². The molecule has 3 aromatic carbocycles. The van der Waals surface area contributed by atoms with Gasteiger partial charge in [0.2, 0.25) is 5.91 Å². The highest BCUT2D eigenvalue weighted by Gasteiger charge is 2.20. The van der Waals surface area contributed by atoms with E-state index in [9.17, 15) is 29.1 Å². The summed E-state index contributed by atoms with van der Waals surface area (Å²) in [6.45, 7) is 1.89. The van der Waals surface area contributed by atoms with Crippen LogP contribution in [0.2, 0.25) is 0 Å². The lowest BCUT2D eigenvalue weighted by atomic mass is 10.0. The third-order valence-corrected chi connectivity index (χ3v) is 6.50. The smallest absolute Gasteiger partial charge is 0.335 e.